The van der Waals surface area contributed by atoms with Crippen molar-refractivity contribution in [1.82, 2.24) is 19.9 Å². The van der Waals surface area contributed by atoms with Crippen LogP contribution in [0.3, 0.4) is 0 Å². The summed E-state index contributed by atoms with van der Waals surface area (Å²) in [6.07, 6.45) is 9.74. The second kappa shape index (κ2) is 8.06. The third kappa shape index (κ3) is 4.24. The number of benzene rings is 1. The number of rotatable bonds is 5. The molecule has 0 atom stereocenters. The van der Waals surface area contributed by atoms with E-state index in [1.54, 1.807) is 12.4 Å². The molecule has 0 amide bonds. The number of ether oxygens (including phenoxy) is 1. The van der Waals surface area contributed by atoms with Gasteiger partial charge < -0.3 is 4.74 Å². The van der Waals surface area contributed by atoms with Crippen LogP contribution in [0.25, 0.3) is 11.4 Å². The molecule has 5 nitrogen and oxygen atoms in total. The molecule has 1 fully saturated rings. The number of aromatic nitrogens is 3. The second-order valence-corrected chi connectivity index (χ2v) is 6.56. The van der Waals surface area contributed by atoms with Crippen LogP contribution in [0.1, 0.15) is 18.4 Å². The summed E-state index contributed by atoms with van der Waals surface area (Å²) >= 11 is 0. The molecule has 0 bridgehead atoms. The second-order valence-electron chi connectivity index (χ2n) is 6.56. The Kier molecular flexibility index (Phi) is 5.17. The number of nitrogens with zero attached hydrogens (tertiary/aromatic N) is 4. The van der Waals surface area contributed by atoms with E-state index in [0.29, 0.717) is 0 Å². The lowest BCUT2D eigenvalue weighted by Gasteiger charge is -2.31. The van der Waals surface area contributed by atoms with Gasteiger partial charge in [-0.2, -0.15) is 0 Å². The molecule has 0 N–H and O–H groups in total. The first-order valence-corrected chi connectivity index (χ1v) is 9.02. The maximum absolute atomic E-state index is 6.00. The van der Waals surface area contributed by atoms with E-state index in [4.69, 9.17) is 4.74 Å². The first-order chi connectivity index (χ1) is 12.9. The van der Waals surface area contributed by atoms with E-state index in [-0.39, 0.29) is 6.10 Å². The van der Waals surface area contributed by atoms with Crippen molar-refractivity contribution in [1.29, 1.82) is 0 Å². The number of hydrogen-bond acceptors (Lipinski definition) is 5. The predicted octanol–water partition coefficient (Wildman–Crippen LogP) is 3.58. The van der Waals surface area contributed by atoms with Gasteiger partial charge in [0.1, 0.15) is 11.9 Å². The standard InChI is InChI=1S/C21H22N4O/c1-2-5-18(6-3-1)21-23-13-17(14-24-21)16-25-11-8-19(9-12-25)26-20-7-4-10-22-15-20/h1-7,10,13-15,19H,8-9,11-12,16H2. The molecule has 0 unspecified atom stereocenters. The summed E-state index contributed by atoms with van der Waals surface area (Å²) in [4.78, 5) is 15.6. The van der Waals surface area contributed by atoms with Gasteiger partial charge in [-0.3, -0.25) is 9.88 Å². The van der Waals surface area contributed by atoms with Gasteiger partial charge in [-0.1, -0.05) is 30.3 Å². The minimum absolute atomic E-state index is 0.271. The molecule has 3 heterocycles. The van der Waals surface area contributed by atoms with Crippen molar-refractivity contribution < 1.29 is 4.74 Å². The predicted molar refractivity (Wildman–Crippen MR) is 101 cm³/mol. The number of likely N-dealkylation sites (tertiary alicyclic amines) is 1. The first-order valence-electron chi connectivity index (χ1n) is 9.02. The third-order valence-electron chi connectivity index (χ3n) is 4.62. The smallest absolute Gasteiger partial charge is 0.159 e. The van der Waals surface area contributed by atoms with Crippen molar-refractivity contribution in [2.24, 2.45) is 0 Å². The quantitative estimate of drug-likeness (QED) is 0.707. The molecule has 1 saturated heterocycles. The summed E-state index contributed by atoms with van der Waals surface area (Å²) in [5, 5.41) is 0. The molecule has 0 radical (unpaired) electrons. The lowest BCUT2D eigenvalue weighted by Crippen LogP contribution is -2.37. The lowest BCUT2D eigenvalue weighted by atomic mass is 10.1. The highest BCUT2D eigenvalue weighted by molar-refractivity contribution is 5.53. The van der Waals surface area contributed by atoms with E-state index in [2.05, 4.69) is 19.9 Å². The maximum atomic E-state index is 6.00. The molecule has 132 valence electrons. The van der Waals surface area contributed by atoms with Crippen molar-refractivity contribution in [2.75, 3.05) is 13.1 Å². The van der Waals surface area contributed by atoms with Crippen LogP contribution in [-0.2, 0) is 6.54 Å². The zero-order valence-corrected chi connectivity index (χ0v) is 14.7. The van der Waals surface area contributed by atoms with Gasteiger partial charge in [0.05, 0.1) is 6.20 Å². The maximum Gasteiger partial charge on any atom is 0.159 e. The molecular formula is C21H22N4O. The highest BCUT2D eigenvalue weighted by atomic mass is 16.5. The molecule has 1 aliphatic rings. The van der Waals surface area contributed by atoms with E-state index < -0.39 is 0 Å². The number of pyridine rings is 1. The van der Waals surface area contributed by atoms with Gasteiger partial charge in [0.25, 0.3) is 0 Å². The molecule has 4 rings (SSSR count). The van der Waals surface area contributed by atoms with Crippen molar-refractivity contribution in [3.63, 3.8) is 0 Å². The molecule has 1 aromatic carbocycles. The normalized spacial score (nSPS) is 15.7. The Balaban J connectivity index is 1.29. The van der Waals surface area contributed by atoms with E-state index in [0.717, 1.165) is 55.2 Å². The number of hydrogen-bond donors (Lipinski definition) is 0. The van der Waals surface area contributed by atoms with Crippen molar-refractivity contribution in [2.45, 2.75) is 25.5 Å². The molecule has 2 aromatic heterocycles. The fourth-order valence-corrected chi connectivity index (χ4v) is 3.23. The van der Waals surface area contributed by atoms with Crippen LogP contribution < -0.4 is 4.74 Å². The van der Waals surface area contributed by atoms with Gasteiger partial charge in [0.2, 0.25) is 0 Å². The van der Waals surface area contributed by atoms with E-state index >= 15 is 0 Å². The summed E-state index contributed by atoms with van der Waals surface area (Å²) in [7, 11) is 0. The fraction of sp³-hybridized carbons (Fsp3) is 0.286. The average Bonchev–Trinajstić information content (AvgIpc) is 2.72. The Morgan fingerprint density at radius 1 is 0.923 bits per heavy atom. The monoisotopic (exact) mass is 346 g/mol. The Labute approximate surface area is 153 Å². The topological polar surface area (TPSA) is 51.1 Å². The van der Waals surface area contributed by atoms with E-state index in [1.165, 1.54) is 0 Å². The molecule has 26 heavy (non-hydrogen) atoms. The largest absolute Gasteiger partial charge is 0.489 e. The first kappa shape index (κ1) is 16.7. The summed E-state index contributed by atoms with van der Waals surface area (Å²) < 4.78 is 6.00. The van der Waals surface area contributed by atoms with Crippen LogP contribution in [0, 0.1) is 0 Å². The Morgan fingerprint density at radius 3 is 2.38 bits per heavy atom. The van der Waals surface area contributed by atoms with Crippen LogP contribution in [0.15, 0.2) is 67.3 Å². The molecule has 5 heteroatoms. The van der Waals surface area contributed by atoms with E-state index in [1.807, 2.05) is 54.9 Å². The zero-order valence-electron chi connectivity index (χ0n) is 14.7. The van der Waals surface area contributed by atoms with Crippen LogP contribution in [0.4, 0.5) is 0 Å². The molecule has 0 saturated carbocycles. The van der Waals surface area contributed by atoms with Gasteiger partial charge >= 0.3 is 0 Å². The summed E-state index contributed by atoms with van der Waals surface area (Å²) in [5.74, 6) is 1.63. The van der Waals surface area contributed by atoms with Crippen LogP contribution in [0.5, 0.6) is 5.75 Å². The molecule has 3 aromatic rings. The fourth-order valence-electron chi connectivity index (χ4n) is 3.23. The van der Waals surface area contributed by atoms with Crippen LogP contribution >= 0.6 is 0 Å². The molecule has 1 aliphatic heterocycles. The summed E-state index contributed by atoms with van der Waals surface area (Å²) in [6.45, 7) is 2.92. The minimum atomic E-state index is 0.271. The van der Waals surface area contributed by atoms with Gasteiger partial charge in [-0.05, 0) is 25.0 Å². The number of piperidine rings is 1. The highest BCUT2D eigenvalue weighted by Gasteiger charge is 2.20. The average molecular weight is 346 g/mol. The lowest BCUT2D eigenvalue weighted by molar-refractivity contribution is 0.0964. The van der Waals surface area contributed by atoms with Crippen molar-refractivity contribution in [3.05, 3.63) is 72.8 Å². The summed E-state index contributed by atoms with van der Waals surface area (Å²) in [6, 6.07) is 13.9. The van der Waals surface area contributed by atoms with Gasteiger partial charge in [0, 0.05) is 49.4 Å². The zero-order chi connectivity index (χ0) is 17.6. The van der Waals surface area contributed by atoms with Crippen LogP contribution in [-0.4, -0.2) is 39.0 Å². The van der Waals surface area contributed by atoms with Gasteiger partial charge in [0.15, 0.2) is 5.82 Å². The Morgan fingerprint density at radius 2 is 1.69 bits per heavy atom. The highest BCUT2D eigenvalue weighted by Crippen LogP contribution is 2.19. The van der Waals surface area contributed by atoms with E-state index in [9.17, 15) is 0 Å². The van der Waals surface area contributed by atoms with Crippen molar-refractivity contribution in [3.8, 4) is 17.1 Å². The molecule has 0 spiro atoms. The minimum Gasteiger partial charge on any atom is -0.489 e. The summed E-state index contributed by atoms with van der Waals surface area (Å²) in [5.41, 5.74) is 2.20. The van der Waals surface area contributed by atoms with Gasteiger partial charge in [-0.25, -0.2) is 9.97 Å². The Hall–Kier alpha value is -2.79. The van der Waals surface area contributed by atoms with Crippen molar-refractivity contribution >= 4 is 0 Å². The van der Waals surface area contributed by atoms with Crippen LogP contribution in [0.2, 0.25) is 0 Å². The molecule has 0 aliphatic carbocycles. The SMILES string of the molecule is c1ccc(-c2ncc(CN3CCC(Oc4cccnc4)CC3)cn2)cc1. The Bertz CT molecular complexity index is 800. The van der Waals surface area contributed by atoms with Gasteiger partial charge in [-0.15, -0.1) is 0 Å². The molecular weight excluding hydrogens is 324 g/mol. The third-order valence-corrected chi connectivity index (χ3v) is 4.62.